The van der Waals surface area contributed by atoms with E-state index < -0.39 is 0 Å². The van der Waals surface area contributed by atoms with Gasteiger partial charge in [0.05, 0.1) is 8.22 Å². The largest absolute Gasteiger partial charge is 0.271 e. The molecule has 2 aliphatic rings. The van der Waals surface area contributed by atoms with Crippen molar-refractivity contribution in [1.82, 2.24) is 9.34 Å². The predicted octanol–water partition coefficient (Wildman–Crippen LogP) is 1.67. The molecular weight excluding hydrogens is 167 g/mol. The highest BCUT2D eigenvalue weighted by atomic mass is 31.1. The minimum atomic E-state index is -0.0756. The monoisotopic (exact) mass is 182 g/mol. The summed E-state index contributed by atoms with van der Waals surface area (Å²) in [5, 5.41) is 0. The topological polar surface area (TPSA) is 6.48 Å². The number of nitrogens with zero attached hydrogens (tertiary/aromatic N) is 2. The van der Waals surface area contributed by atoms with Gasteiger partial charge in [0.2, 0.25) is 0 Å². The number of hydrogen-bond donors (Lipinski definition) is 0. The maximum absolute atomic E-state index is 2.49. The van der Waals surface area contributed by atoms with Gasteiger partial charge >= 0.3 is 0 Å². The van der Waals surface area contributed by atoms with E-state index in [9.17, 15) is 0 Å². The van der Waals surface area contributed by atoms with E-state index in [-0.39, 0.29) is 8.22 Å². The Morgan fingerprint density at radius 3 is 2.08 bits per heavy atom. The molecule has 0 spiro atoms. The van der Waals surface area contributed by atoms with Crippen molar-refractivity contribution in [3.63, 3.8) is 0 Å². The molecule has 0 aromatic carbocycles. The minimum absolute atomic E-state index is 0.0756. The average molecular weight is 182 g/mol. The second kappa shape index (κ2) is 3.29. The lowest BCUT2D eigenvalue weighted by molar-refractivity contribution is 0.553. The Balaban J connectivity index is 2.10. The van der Waals surface area contributed by atoms with E-state index in [0.29, 0.717) is 5.66 Å². The Labute approximate surface area is 75.4 Å². The SMILES string of the molecule is CN1CCN(C)P1C1C=CC=C1. The first-order valence-electron chi connectivity index (χ1n) is 4.35. The molecule has 1 heterocycles. The standard InChI is InChI=1S/C9H15N2P/c1-10-7-8-11(2)12(10)9-5-3-4-6-9/h3-6,9H,7-8H2,1-2H3. The van der Waals surface area contributed by atoms with E-state index in [2.05, 4.69) is 47.7 Å². The van der Waals surface area contributed by atoms with Crippen LogP contribution >= 0.6 is 8.22 Å². The smallest absolute Gasteiger partial charge is 0.0503 e. The summed E-state index contributed by atoms with van der Waals surface area (Å²) in [7, 11) is 4.39. The van der Waals surface area contributed by atoms with Gasteiger partial charge in [-0.05, 0) is 14.1 Å². The van der Waals surface area contributed by atoms with E-state index in [0.717, 1.165) is 0 Å². The number of allylic oxidation sites excluding steroid dienone is 4. The summed E-state index contributed by atoms with van der Waals surface area (Å²) in [5.41, 5.74) is 0.664. The van der Waals surface area contributed by atoms with Crippen LogP contribution in [0, 0.1) is 0 Å². The number of likely N-dealkylation sites (N-methyl/N-ethyl adjacent to an activating group) is 2. The normalized spacial score (nSPS) is 27.8. The van der Waals surface area contributed by atoms with Crippen molar-refractivity contribution in [2.24, 2.45) is 0 Å². The third-order valence-corrected chi connectivity index (χ3v) is 5.12. The van der Waals surface area contributed by atoms with Gasteiger partial charge in [-0.2, -0.15) is 0 Å². The molecule has 1 aliphatic heterocycles. The molecule has 1 fully saturated rings. The van der Waals surface area contributed by atoms with Gasteiger partial charge in [-0.25, -0.2) is 0 Å². The van der Waals surface area contributed by atoms with Gasteiger partial charge in [-0.1, -0.05) is 24.3 Å². The summed E-state index contributed by atoms with van der Waals surface area (Å²) >= 11 is 0. The summed E-state index contributed by atoms with van der Waals surface area (Å²) in [4.78, 5) is 0. The van der Waals surface area contributed by atoms with Crippen molar-refractivity contribution in [2.45, 2.75) is 5.66 Å². The van der Waals surface area contributed by atoms with Crippen LogP contribution in [0.15, 0.2) is 24.3 Å². The molecule has 12 heavy (non-hydrogen) atoms. The fourth-order valence-electron chi connectivity index (χ4n) is 1.78. The molecule has 0 aromatic heterocycles. The molecule has 0 bridgehead atoms. The van der Waals surface area contributed by atoms with Crippen LogP contribution in [0.2, 0.25) is 0 Å². The fourth-order valence-corrected chi connectivity index (χ4v) is 4.31. The molecular formula is C9H15N2P. The zero-order chi connectivity index (χ0) is 8.55. The van der Waals surface area contributed by atoms with Crippen LogP contribution in [0.4, 0.5) is 0 Å². The second-order valence-electron chi connectivity index (χ2n) is 3.34. The van der Waals surface area contributed by atoms with E-state index in [4.69, 9.17) is 0 Å². The molecule has 1 saturated heterocycles. The highest BCUT2D eigenvalue weighted by Gasteiger charge is 2.31. The number of hydrogen-bond acceptors (Lipinski definition) is 2. The van der Waals surface area contributed by atoms with Gasteiger partial charge in [-0.3, -0.25) is 9.34 Å². The van der Waals surface area contributed by atoms with Gasteiger partial charge in [0, 0.05) is 18.7 Å². The highest BCUT2D eigenvalue weighted by Crippen LogP contribution is 2.52. The van der Waals surface area contributed by atoms with Gasteiger partial charge in [0.15, 0.2) is 0 Å². The fraction of sp³-hybridized carbons (Fsp3) is 0.556. The molecule has 0 unspecified atom stereocenters. The van der Waals surface area contributed by atoms with Crippen molar-refractivity contribution >= 4 is 8.22 Å². The maximum Gasteiger partial charge on any atom is 0.0503 e. The predicted molar refractivity (Wildman–Crippen MR) is 54.2 cm³/mol. The highest BCUT2D eigenvalue weighted by molar-refractivity contribution is 7.54. The molecule has 66 valence electrons. The average Bonchev–Trinajstić information content (AvgIpc) is 2.61. The first kappa shape index (κ1) is 8.43. The van der Waals surface area contributed by atoms with Gasteiger partial charge < -0.3 is 0 Å². The molecule has 0 saturated carbocycles. The van der Waals surface area contributed by atoms with E-state index in [1.807, 2.05) is 0 Å². The third-order valence-electron chi connectivity index (χ3n) is 2.44. The van der Waals surface area contributed by atoms with Crippen molar-refractivity contribution in [1.29, 1.82) is 0 Å². The molecule has 0 aromatic rings. The van der Waals surface area contributed by atoms with Crippen LogP contribution in [-0.2, 0) is 0 Å². The summed E-state index contributed by atoms with van der Waals surface area (Å²) in [5.74, 6) is 0. The van der Waals surface area contributed by atoms with Crippen molar-refractivity contribution in [2.75, 3.05) is 27.2 Å². The Morgan fingerprint density at radius 2 is 1.58 bits per heavy atom. The van der Waals surface area contributed by atoms with Crippen molar-refractivity contribution < 1.29 is 0 Å². The Hall–Kier alpha value is -0.170. The van der Waals surface area contributed by atoms with Crippen LogP contribution in [0.1, 0.15) is 0 Å². The zero-order valence-corrected chi connectivity index (χ0v) is 8.54. The summed E-state index contributed by atoms with van der Waals surface area (Å²) in [6.45, 7) is 2.45. The zero-order valence-electron chi connectivity index (χ0n) is 7.64. The quantitative estimate of drug-likeness (QED) is 0.569. The molecule has 2 rings (SSSR count). The van der Waals surface area contributed by atoms with Crippen LogP contribution in [0.25, 0.3) is 0 Å². The molecule has 0 radical (unpaired) electrons. The van der Waals surface area contributed by atoms with Crippen LogP contribution in [0.5, 0.6) is 0 Å². The van der Waals surface area contributed by atoms with Crippen LogP contribution < -0.4 is 0 Å². The first-order chi connectivity index (χ1) is 5.79. The lowest BCUT2D eigenvalue weighted by atomic mass is 10.5. The van der Waals surface area contributed by atoms with Crippen molar-refractivity contribution in [3.8, 4) is 0 Å². The van der Waals surface area contributed by atoms with E-state index >= 15 is 0 Å². The Kier molecular flexibility index (Phi) is 2.31. The molecule has 0 N–H and O–H groups in total. The van der Waals surface area contributed by atoms with Gasteiger partial charge in [0.1, 0.15) is 0 Å². The lowest BCUT2D eigenvalue weighted by Gasteiger charge is -2.28. The second-order valence-corrected chi connectivity index (χ2v) is 5.95. The summed E-state index contributed by atoms with van der Waals surface area (Å²) in [6, 6.07) is 0. The first-order valence-corrected chi connectivity index (χ1v) is 5.67. The van der Waals surface area contributed by atoms with Crippen molar-refractivity contribution in [3.05, 3.63) is 24.3 Å². The molecule has 1 aliphatic carbocycles. The molecule has 0 amide bonds. The lowest BCUT2D eigenvalue weighted by Crippen LogP contribution is -2.15. The minimum Gasteiger partial charge on any atom is -0.271 e. The Bertz CT molecular complexity index is 203. The third kappa shape index (κ3) is 1.35. The molecule has 3 heteroatoms. The Morgan fingerprint density at radius 1 is 1.08 bits per heavy atom. The molecule has 0 atom stereocenters. The van der Waals surface area contributed by atoms with Crippen LogP contribution in [-0.4, -0.2) is 42.2 Å². The van der Waals surface area contributed by atoms with Gasteiger partial charge in [0.25, 0.3) is 0 Å². The van der Waals surface area contributed by atoms with E-state index in [1.54, 1.807) is 0 Å². The van der Waals surface area contributed by atoms with E-state index in [1.165, 1.54) is 13.1 Å². The van der Waals surface area contributed by atoms with Crippen LogP contribution in [0.3, 0.4) is 0 Å². The molecule has 2 nitrogen and oxygen atoms in total. The van der Waals surface area contributed by atoms with Gasteiger partial charge in [-0.15, -0.1) is 0 Å². The maximum atomic E-state index is 2.49. The summed E-state index contributed by atoms with van der Waals surface area (Å²) < 4.78 is 4.97. The summed E-state index contributed by atoms with van der Waals surface area (Å²) in [6.07, 6.45) is 8.94. The number of rotatable bonds is 1.